The number of aryl methyl sites for hydroxylation is 2. The van der Waals surface area contributed by atoms with Crippen LogP contribution in [0.4, 0.5) is 11.4 Å². The second-order valence-corrected chi connectivity index (χ2v) is 7.55. The van der Waals surface area contributed by atoms with E-state index in [4.69, 9.17) is 0 Å². The fourth-order valence-corrected chi connectivity index (χ4v) is 4.29. The molecule has 0 bridgehead atoms. The topological polar surface area (TPSA) is 18.5 Å². The van der Waals surface area contributed by atoms with Crippen LogP contribution in [-0.4, -0.2) is 43.2 Å². The van der Waals surface area contributed by atoms with Crippen LogP contribution < -0.4 is 10.2 Å². The molecule has 0 spiro atoms. The summed E-state index contributed by atoms with van der Waals surface area (Å²) in [5.74, 6) is 0. The first-order valence-corrected chi connectivity index (χ1v) is 9.61. The van der Waals surface area contributed by atoms with Crippen molar-refractivity contribution in [3.63, 3.8) is 0 Å². The number of hydrogen-bond acceptors (Lipinski definition) is 3. The van der Waals surface area contributed by atoms with Crippen LogP contribution in [0.15, 0.2) is 48.5 Å². The lowest BCUT2D eigenvalue weighted by molar-refractivity contribution is 0.175. The van der Waals surface area contributed by atoms with Crippen LogP contribution in [0.3, 0.4) is 0 Å². The Labute approximate surface area is 163 Å². The van der Waals surface area contributed by atoms with Gasteiger partial charge in [-0.3, -0.25) is 4.90 Å². The number of nitrogens with zero attached hydrogens (tertiary/aromatic N) is 2. The Balaban J connectivity index is 0.00000196. The van der Waals surface area contributed by atoms with Gasteiger partial charge in [-0.25, -0.2) is 0 Å². The predicted octanol–water partition coefficient (Wildman–Crippen LogP) is 4.35. The molecular weight excluding hydrogens is 342 g/mol. The van der Waals surface area contributed by atoms with Crippen molar-refractivity contribution in [1.29, 1.82) is 0 Å². The summed E-state index contributed by atoms with van der Waals surface area (Å²) in [5.41, 5.74) is 5.52. The van der Waals surface area contributed by atoms with Gasteiger partial charge in [-0.2, -0.15) is 0 Å². The van der Waals surface area contributed by atoms with Gasteiger partial charge in [-0.1, -0.05) is 30.3 Å². The normalized spacial score (nSPS) is 21.3. The van der Waals surface area contributed by atoms with Crippen molar-refractivity contribution in [3.8, 4) is 0 Å². The average molecular weight is 372 g/mol. The molecule has 2 unspecified atom stereocenters. The molecule has 4 heteroatoms. The van der Waals surface area contributed by atoms with Gasteiger partial charge in [0, 0.05) is 49.6 Å². The molecule has 0 saturated carbocycles. The number of anilines is 2. The van der Waals surface area contributed by atoms with E-state index in [-0.39, 0.29) is 12.4 Å². The molecule has 1 fully saturated rings. The fourth-order valence-electron chi connectivity index (χ4n) is 4.29. The van der Waals surface area contributed by atoms with E-state index in [9.17, 15) is 0 Å². The van der Waals surface area contributed by atoms with E-state index in [1.54, 1.807) is 0 Å². The van der Waals surface area contributed by atoms with Crippen molar-refractivity contribution < 1.29 is 0 Å². The predicted molar refractivity (Wildman–Crippen MR) is 114 cm³/mol. The Kier molecular flexibility index (Phi) is 6.10. The summed E-state index contributed by atoms with van der Waals surface area (Å²) in [7, 11) is 0. The monoisotopic (exact) mass is 371 g/mol. The van der Waals surface area contributed by atoms with E-state index in [0.717, 1.165) is 26.2 Å². The maximum Gasteiger partial charge on any atom is 0.0417 e. The molecule has 2 aliphatic rings. The maximum atomic E-state index is 3.79. The molecule has 1 saturated heterocycles. The average Bonchev–Trinajstić information content (AvgIpc) is 2.67. The van der Waals surface area contributed by atoms with E-state index < -0.39 is 0 Å². The number of nitrogens with one attached hydrogen (secondary N) is 1. The maximum absolute atomic E-state index is 3.79. The summed E-state index contributed by atoms with van der Waals surface area (Å²) in [5, 5.41) is 3.79. The highest BCUT2D eigenvalue weighted by atomic mass is 35.5. The first-order valence-electron chi connectivity index (χ1n) is 9.61. The Morgan fingerprint density at radius 3 is 2.54 bits per heavy atom. The Hall–Kier alpha value is -1.71. The summed E-state index contributed by atoms with van der Waals surface area (Å²) in [4.78, 5) is 5.19. The molecule has 0 amide bonds. The van der Waals surface area contributed by atoms with Gasteiger partial charge in [0.05, 0.1) is 0 Å². The highest BCUT2D eigenvalue weighted by Crippen LogP contribution is 2.27. The number of fused-ring (bicyclic) bond motifs is 1. The van der Waals surface area contributed by atoms with E-state index in [2.05, 4.69) is 77.5 Å². The molecule has 2 atom stereocenters. The molecule has 3 nitrogen and oxygen atoms in total. The van der Waals surface area contributed by atoms with Gasteiger partial charge in [0.15, 0.2) is 0 Å². The molecule has 2 aromatic rings. The lowest BCUT2D eigenvalue weighted by Crippen LogP contribution is -2.54. The number of benzene rings is 2. The van der Waals surface area contributed by atoms with Crippen LogP contribution in [-0.2, 0) is 6.42 Å². The molecule has 26 heavy (non-hydrogen) atoms. The number of rotatable bonds is 3. The largest absolute Gasteiger partial charge is 0.381 e. The summed E-state index contributed by atoms with van der Waals surface area (Å²) >= 11 is 0. The molecular formula is C22H30ClN3. The number of hydrogen-bond donors (Lipinski definition) is 1. The molecule has 0 radical (unpaired) electrons. The van der Waals surface area contributed by atoms with Crippen LogP contribution in [0.1, 0.15) is 24.5 Å². The lowest BCUT2D eigenvalue weighted by Gasteiger charge is -2.43. The summed E-state index contributed by atoms with van der Waals surface area (Å²) in [6.45, 7) is 9.11. The van der Waals surface area contributed by atoms with Crippen molar-refractivity contribution in [2.24, 2.45) is 0 Å². The minimum atomic E-state index is 0. The van der Waals surface area contributed by atoms with Crippen LogP contribution in [0, 0.1) is 6.92 Å². The van der Waals surface area contributed by atoms with Gasteiger partial charge < -0.3 is 10.2 Å². The number of piperazine rings is 1. The SMILES string of the molecule is Cc1cccc(N2CCN(C(C)C3CCc4ccccc4N3)CC2)c1.Cl. The van der Waals surface area contributed by atoms with E-state index in [1.807, 2.05) is 0 Å². The Morgan fingerprint density at radius 1 is 1.00 bits per heavy atom. The zero-order valence-electron chi connectivity index (χ0n) is 15.8. The van der Waals surface area contributed by atoms with Crippen LogP contribution in [0.5, 0.6) is 0 Å². The van der Waals surface area contributed by atoms with Crippen LogP contribution in [0.2, 0.25) is 0 Å². The second kappa shape index (κ2) is 8.32. The molecule has 140 valence electrons. The van der Waals surface area contributed by atoms with Gasteiger partial charge in [0.25, 0.3) is 0 Å². The van der Waals surface area contributed by atoms with Crippen molar-refractivity contribution in [2.75, 3.05) is 36.4 Å². The first kappa shape index (κ1) is 19.1. The highest BCUT2D eigenvalue weighted by molar-refractivity contribution is 5.85. The Bertz CT molecular complexity index is 725. The first-order chi connectivity index (χ1) is 12.2. The van der Waals surface area contributed by atoms with Crippen molar-refractivity contribution in [3.05, 3.63) is 59.7 Å². The van der Waals surface area contributed by atoms with Crippen molar-refractivity contribution in [2.45, 2.75) is 38.8 Å². The fraction of sp³-hybridized carbons (Fsp3) is 0.455. The third-order valence-corrected chi connectivity index (χ3v) is 5.92. The molecule has 0 aromatic heterocycles. The van der Waals surface area contributed by atoms with E-state index >= 15 is 0 Å². The van der Waals surface area contributed by atoms with Gasteiger partial charge in [0.2, 0.25) is 0 Å². The minimum absolute atomic E-state index is 0. The standard InChI is InChI=1S/C22H29N3.ClH/c1-17-6-5-8-20(16-17)25-14-12-24(13-15-25)18(2)21-11-10-19-7-3-4-9-22(19)23-21;/h3-9,16,18,21,23H,10-15H2,1-2H3;1H. The van der Waals surface area contributed by atoms with Gasteiger partial charge in [-0.05, 0) is 56.0 Å². The summed E-state index contributed by atoms with van der Waals surface area (Å²) in [6, 6.07) is 18.8. The van der Waals surface area contributed by atoms with Gasteiger partial charge in [0.1, 0.15) is 0 Å². The summed E-state index contributed by atoms with van der Waals surface area (Å²) in [6.07, 6.45) is 2.43. The van der Waals surface area contributed by atoms with Crippen molar-refractivity contribution in [1.82, 2.24) is 4.90 Å². The van der Waals surface area contributed by atoms with Crippen molar-refractivity contribution >= 4 is 23.8 Å². The molecule has 2 aliphatic heterocycles. The van der Waals surface area contributed by atoms with E-state index in [1.165, 1.54) is 35.3 Å². The summed E-state index contributed by atoms with van der Waals surface area (Å²) < 4.78 is 0. The molecule has 1 N–H and O–H groups in total. The minimum Gasteiger partial charge on any atom is -0.381 e. The molecule has 4 rings (SSSR count). The van der Waals surface area contributed by atoms with E-state index in [0.29, 0.717) is 12.1 Å². The molecule has 0 aliphatic carbocycles. The third-order valence-electron chi connectivity index (χ3n) is 5.92. The highest BCUT2D eigenvalue weighted by Gasteiger charge is 2.29. The molecule has 2 heterocycles. The number of halogens is 1. The third kappa shape index (κ3) is 3.99. The smallest absolute Gasteiger partial charge is 0.0417 e. The zero-order chi connectivity index (χ0) is 17.2. The second-order valence-electron chi connectivity index (χ2n) is 7.55. The molecule has 2 aromatic carbocycles. The number of para-hydroxylation sites is 1. The zero-order valence-corrected chi connectivity index (χ0v) is 16.6. The lowest BCUT2D eigenvalue weighted by atomic mass is 9.93. The van der Waals surface area contributed by atoms with Crippen LogP contribution in [0.25, 0.3) is 0 Å². The Morgan fingerprint density at radius 2 is 1.77 bits per heavy atom. The quantitative estimate of drug-likeness (QED) is 0.865. The van der Waals surface area contributed by atoms with Gasteiger partial charge >= 0.3 is 0 Å². The van der Waals surface area contributed by atoms with Gasteiger partial charge in [-0.15, -0.1) is 12.4 Å². The van der Waals surface area contributed by atoms with Crippen LogP contribution >= 0.6 is 12.4 Å².